The van der Waals surface area contributed by atoms with Crippen LogP contribution in [0.25, 0.3) is 0 Å². The number of methoxy groups -OCH3 is 1. The van der Waals surface area contributed by atoms with Crippen molar-refractivity contribution in [3.63, 3.8) is 0 Å². The van der Waals surface area contributed by atoms with Crippen LogP contribution in [-0.2, 0) is 5.92 Å². The Kier molecular flexibility index (Phi) is 3.46. The van der Waals surface area contributed by atoms with Crippen molar-refractivity contribution in [3.8, 4) is 5.75 Å². The number of benzene rings is 1. The lowest BCUT2D eigenvalue weighted by Crippen LogP contribution is -2.26. The van der Waals surface area contributed by atoms with Gasteiger partial charge in [-0.1, -0.05) is 11.6 Å². The maximum absolute atomic E-state index is 13.3. The summed E-state index contributed by atoms with van der Waals surface area (Å²) in [7, 11) is 1.10. The lowest BCUT2D eigenvalue weighted by molar-refractivity contribution is 0.00320. The van der Waals surface area contributed by atoms with E-state index in [0.29, 0.717) is 0 Å². The van der Waals surface area contributed by atoms with Crippen LogP contribution in [0, 0.1) is 5.82 Å². The predicted octanol–water partition coefficient (Wildman–Crippen LogP) is 2.54. The first-order valence-electron chi connectivity index (χ1n) is 4.03. The fourth-order valence-electron chi connectivity index (χ4n) is 1.15. The van der Waals surface area contributed by atoms with E-state index in [4.69, 9.17) is 17.3 Å². The van der Waals surface area contributed by atoms with Crippen LogP contribution in [0.4, 0.5) is 13.2 Å². The zero-order valence-electron chi connectivity index (χ0n) is 7.86. The highest BCUT2D eigenvalue weighted by Gasteiger charge is 2.34. The molecule has 15 heavy (non-hydrogen) atoms. The number of hydrogen-bond donors (Lipinski definition) is 1. The van der Waals surface area contributed by atoms with Gasteiger partial charge in [-0.05, 0) is 12.1 Å². The van der Waals surface area contributed by atoms with Crippen LogP contribution in [0.15, 0.2) is 12.1 Å². The van der Waals surface area contributed by atoms with Gasteiger partial charge >= 0.3 is 0 Å². The fraction of sp³-hybridized carbons (Fsp3) is 0.333. The topological polar surface area (TPSA) is 35.2 Å². The second kappa shape index (κ2) is 4.28. The third kappa shape index (κ3) is 2.35. The Labute approximate surface area is 89.8 Å². The van der Waals surface area contributed by atoms with Crippen molar-refractivity contribution in [2.45, 2.75) is 5.92 Å². The van der Waals surface area contributed by atoms with E-state index in [0.717, 1.165) is 19.2 Å². The molecule has 0 spiro atoms. The normalized spacial score (nSPS) is 11.6. The van der Waals surface area contributed by atoms with Crippen LogP contribution < -0.4 is 10.5 Å². The molecule has 0 atom stereocenters. The van der Waals surface area contributed by atoms with E-state index in [1.165, 1.54) is 0 Å². The molecule has 1 aromatic carbocycles. The van der Waals surface area contributed by atoms with Crippen molar-refractivity contribution in [3.05, 3.63) is 28.5 Å². The number of alkyl halides is 2. The van der Waals surface area contributed by atoms with Gasteiger partial charge in [0.1, 0.15) is 0 Å². The van der Waals surface area contributed by atoms with Crippen LogP contribution in [-0.4, -0.2) is 13.7 Å². The minimum atomic E-state index is -3.36. The number of nitrogens with two attached hydrogens (primary N) is 1. The van der Waals surface area contributed by atoms with Gasteiger partial charge in [-0.2, -0.15) is 8.78 Å². The summed E-state index contributed by atoms with van der Waals surface area (Å²) in [5.74, 6) is -4.83. The van der Waals surface area contributed by atoms with E-state index < -0.39 is 29.6 Å². The van der Waals surface area contributed by atoms with Crippen molar-refractivity contribution in [2.24, 2.45) is 5.73 Å². The second-order valence-electron chi connectivity index (χ2n) is 2.88. The summed E-state index contributed by atoms with van der Waals surface area (Å²) < 4.78 is 44.3. The minimum absolute atomic E-state index is 0.128. The SMILES string of the molecule is COc1c(F)cc(Cl)cc1C(F)(F)CN. The maximum Gasteiger partial charge on any atom is 0.288 e. The number of rotatable bonds is 3. The summed E-state index contributed by atoms with van der Waals surface area (Å²) >= 11 is 5.47. The van der Waals surface area contributed by atoms with Crippen molar-refractivity contribution in [1.82, 2.24) is 0 Å². The largest absolute Gasteiger partial charge is 0.493 e. The van der Waals surface area contributed by atoms with Crippen LogP contribution >= 0.6 is 11.6 Å². The Balaban J connectivity index is 3.39. The second-order valence-corrected chi connectivity index (χ2v) is 3.31. The Morgan fingerprint density at radius 3 is 2.53 bits per heavy atom. The van der Waals surface area contributed by atoms with Crippen LogP contribution in [0.5, 0.6) is 5.75 Å². The predicted molar refractivity (Wildman–Crippen MR) is 50.9 cm³/mol. The lowest BCUT2D eigenvalue weighted by atomic mass is 10.1. The number of ether oxygens (including phenoxy) is 1. The molecule has 0 unspecified atom stereocenters. The molecule has 0 aromatic heterocycles. The smallest absolute Gasteiger partial charge is 0.288 e. The molecule has 6 heteroatoms. The van der Waals surface area contributed by atoms with E-state index >= 15 is 0 Å². The van der Waals surface area contributed by atoms with Crippen molar-refractivity contribution < 1.29 is 17.9 Å². The molecule has 0 aliphatic carbocycles. The molecule has 1 rings (SSSR count). The average molecular weight is 240 g/mol. The number of hydrogen-bond acceptors (Lipinski definition) is 2. The summed E-state index contributed by atoms with van der Waals surface area (Å²) in [6.45, 7) is -0.941. The van der Waals surface area contributed by atoms with Crippen LogP contribution in [0.1, 0.15) is 5.56 Å². The monoisotopic (exact) mass is 239 g/mol. The highest BCUT2D eigenvalue weighted by atomic mass is 35.5. The Bertz CT molecular complexity index is 371. The summed E-state index contributed by atoms with van der Waals surface area (Å²) in [4.78, 5) is 0. The number of halogens is 4. The molecule has 0 saturated heterocycles. The summed E-state index contributed by atoms with van der Waals surface area (Å²) in [5.41, 5.74) is 4.25. The quantitative estimate of drug-likeness (QED) is 0.880. The minimum Gasteiger partial charge on any atom is -0.493 e. The Morgan fingerprint density at radius 2 is 2.07 bits per heavy atom. The molecule has 84 valence electrons. The molecule has 0 heterocycles. The highest BCUT2D eigenvalue weighted by molar-refractivity contribution is 6.30. The van der Waals surface area contributed by atoms with Crippen molar-refractivity contribution in [2.75, 3.05) is 13.7 Å². The van der Waals surface area contributed by atoms with Gasteiger partial charge in [-0.15, -0.1) is 0 Å². The van der Waals surface area contributed by atoms with Crippen LogP contribution in [0.2, 0.25) is 5.02 Å². The van der Waals surface area contributed by atoms with Gasteiger partial charge in [0.15, 0.2) is 11.6 Å². The molecular formula is C9H9ClF3NO. The molecule has 0 bridgehead atoms. The molecule has 0 saturated carbocycles. The zero-order chi connectivity index (χ0) is 11.6. The highest BCUT2D eigenvalue weighted by Crippen LogP contribution is 2.37. The van der Waals surface area contributed by atoms with E-state index in [2.05, 4.69) is 4.74 Å². The average Bonchev–Trinajstić information content (AvgIpc) is 2.16. The van der Waals surface area contributed by atoms with E-state index in [1.54, 1.807) is 0 Å². The first-order valence-corrected chi connectivity index (χ1v) is 4.41. The summed E-state index contributed by atoms with van der Waals surface area (Å²) in [5, 5.41) is -0.128. The summed E-state index contributed by atoms with van der Waals surface area (Å²) in [6, 6.07) is 1.84. The Hall–Kier alpha value is -0.940. The zero-order valence-corrected chi connectivity index (χ0v) is 8.62. The standard InChI is InChI=1S/C9H9ClF3NO/c1-15-8-6(9(12,13)4-14)2-5(10)3-7(8)11/h2-3H,4,14H2,1H3. The molecule has 0 aliphatic rings. The van der Waals surface area contributed by atoms with Gasteiger partial charge in [0.2, 0.25) is 0 Å². The van der Waals surface area contributed by atoms with Gasteiger partial charge in [0.05, 0.1) is 19.2 Å². The maximum atomic E-state index is 13.3. The van der Waals surface area contributed by atoms with Gasteiger partial charge in [-0.25, -0.2) is 4.39 Å². The molecule has 2 nitrogen and oxygen atoms in total. The van der Waals surface area contributed by atoms with E-state index in [9.17, 15) is 13.2 Å². The molecule has 0 radical (unpaired) electrons. The van der Waals surface area contributed by atoms with E-state index in [1.807, 2.05) is 0 Å². The third-order valence-electron chi connectivity index (χ3n) is 1.86. The van der Waals surface area contributed by atoms with Gasteiger partial charge in [0, 0.05) is 5.02 Å². The fourth-order valence-corrected chi connectivity index (χ4v) is 1.35. The molecule has 0 fully saturated rings. The third-order valence-corrected chi connectivity index (χ3v) is 2.08. The molecule has 2 N–H and O–H groups in total. The van der Waals surface area contributed by atoms with Crippen LogP contribution in [0.3, 0.4) is 0 Å². The molecule has 1 aromatic rings. The molecule has 0 amide bonds. The van der Waals surface area contributed by atoms with Crippen molar-refractivity contribution in [1.29, 1.82) is 0 Å². The van der Waals surface area contributed by atoms with Gasteiger partial charge < -0.3 is 10.5 Å². The first-order chi connectivity index (χ1) is 6.92. The Morgan fingerprint density at radius 1 is 1.47 bits per heavy atom. The summed E-state index contributed by atoms with van der Waals surface area (Å²) in [6.07, 6.45) is 0. The molecular weight excluding hydrogens is 231 g/mol. The first kappa shape index (κ1) is 12.1. The molecule has 0 aliphatic heterocycles. The van der Waals surface area contributed by atoms with E-state index in [-0.39, 0.29) is 5.02 Å². The van der Waals surface area contributed by atoms with Gasteiger partial charge in [0.25, 0.3) is 5.92 Å². The lowest BCUT2D eigenvalue weighted by Gasteiger charge is -2.18. The van der Waals surface area contributed by atoms with Crippen molar-refractivity contribution >= 4 is 11.6 Å². The van der Waals surface area contributed by atoms with Gasteiger partial charge in [-0.3, -0.25) is 0 Å².